The monoisotopic (exact) mass is 429 g/mol. The van der Waals surface area contributed by atoms with E-state index in [1.807, 2.05) is 6.07 Å². The van der Waals surface area contributed by atoms with Gasteiger partial charge in [0.2, 0.25) is 23.4 Å². The van der Waals surface area contributed by atoms with Gasteiger partial charge in [0.15, 0.2) is 5.69 Å². The van der Waals surface area contributed by atoms with Crippen LogP contribution in [-0.4, -0.2) is 40.2 Å². The number of amides is 3. The molecule has 0 aromatic heterocycles. The Labute approximate surface area is 184 Å². The molecule has 3 amide bonds. The van der Waals surface area contributed by atoms with E-state index in [1.165, 1.54) is 29.2 Å². The van der Waals surface area contributed by atoms with E-state index in [0.29, 0.717) is 24.1 Å². The minimum absolute atomic E-state index is 0.0208. The molecule has 1 atom stereocenters. The second-order valence-electron chi connectivity index (χ2n) is 7.80. The Morgan fingerprint density at radius 1 is 1.09 bits per heavy atom. The van der Waals surface area contributed by atoms with Gasteiger partial charge in [0.25, 0.3) is 5.91 Å². The molecule has 2 aliphatic heterocycles. The standard InChI is InChI=1S/C24H19N3O5/c1-25-17-6-4-15(5-7-17)22(30)20(28)10-3-14-2-8-18-16(12-14)13-27(24(18)32)19-9-11-21(29)26-23(19)31/h2,4-8,12,19H,3,9-11,13H2,(H,26,29,31). The highest BCUT2D eigenvalue weighted by molar-refractivity contribution is 6.43. The largest absolute Gasteiger partial charge is 0.322 e. The van der Waals surface area contributed by atoms with Crippen LogP contribution < -0.4 is 5.32 Å². The van der Waals surface area contributed by atoms with Crippen molar-refractivity contribution in [3.05, 3.63) is 76.1 Å². The number of piperidine rings is 1. The zero-order valence-electron chi connectivity index (χ0n) is 17.1. The second-order valence-corrected chi connectivity index (χ2v) is 7.80. The highest BCUT2D eigenvalue weighted by atomic mass is 16.2. The minimum Gasteiger partial charge on any atom is -0.322 e. The molecule has 0 radical (unpaired) electrons. The Morgan fingerprint density at radius 3 is 2.53 bits per heavy atom. The van der Waals surface area contributed by atoms with Crippen LogP contribution >= 0.6 is 0 Å². The van der Waals surface area contributed by atoms with Gasteiger partial charge >= 0.3 is 0 Å². The third kappa shape index (κ3) is 4.05. The number of hydrogen-bond donors (Lipinski definition) is 1. The van der Waals surface area contributed by atoms with E-state index in [4.69, 9.17) is 6.57 Å². The summed E-state index contributed by atoms with van der Waals surface area (Å²) in [6.45, 7) is 7.20. The van der Waals surface area contributed by atoms with Crippen LogP contribution in [0.1, 0.15) is 51.1 Å². The Bertz CT molecular complexity index is 1190. The summed E-state index contributed by atoms with van der Waals surface area (Å²) in [4.78, 5) is 65.6. The number of carbonyl (C=O) groups is 5. The van der Waals surface area contributed by atoms with Crippen molar-refractivity contribution in [1.29, 1.82) is 0 Å². The van der Waals surface area contributed by atoms with Gasteiger partial charge in [-0.1, -0.05) is 36.4 Å². The highest BCUT2D eigenvalue weighted by Crippen LogP contribution is 2.28. The maximum absolute atomic E-state index is 12.7. The zero-order chi connectivity index (χ0) is 22.8. The number of nitrogens with zero attached hydrogens (tertiary/aromatic N) is 2. The molecule has 32 heavy (non-hydrogen) atoms. The molecule has 0 aliphatic carbocycles. The van der Waals surface area contributed by atoms with Crippen molar-refractivity contribution in [2.24, 2.45) is 0 Å². The van der Waals surface area contributed by atoms with E-state index >= 15 is 0 Å². The van der Waals surface area contributed by atoms with Crippen molar-refractivity contribution in [1.82, 2.24) is 10.2 Å². The maximum Gasteiger partial charge on any atom is 0.255 e. The van der Waals surface area contributed by atoms with Crippen LogP contribution in [0.15, 0.2) is 42.5 Å². The second kappa shape index (κ2) is 8.55. The summed E-state index contributed by atoms with van der Waals surface area (Å²) in [5, 5.41) is 2.27. The Morgan fingerprint density at radius 2 is 1.84 bits per heavy atom. The lowest BCUT2D eigenvalue weighted by atomic mass is 9.99. The molecule has 8 nitrogen and oxygen atoms in total. The fraction of sp³-hybridized carbons (Fsp3) is 0.250. The van der Waals surface area contributed by atoms with E-state index in [-0.39, 0.29) is 36.8 Å². The predicted octanol–water partition coefficient (Wildman–Crippen LogP) is 2.38. The van der Waals surface area contributed by atoms with Crippen molar-refractivity contribution in [2.75, 3.05) is 0 Å². The molecule has 1 unspecified atom stereocenters. The number of Topliss-reactive ketones (excluding diaryl/α,β-unsaturated/α-hetero) is 2. The van der Waals surface area contributed by atoms with E-state index < -0.39 is 23.5 Å². The summed E-state index contributed by atoms with van der Waals surface area (Å²) in [5.41, 5.74) is 2.72. The lowest BCUT2D eigenvalue weighted by Crippen LogP contribution is -2.52. The summed E-state index contributed by atoms with van der Waals surface area (Å²) in [5.74, 6) is -2.17. The van der Waals surface area contributed by atoms with Gasteiger partial charge in [-0.3, -0.25) is 29.3 Å². The maximum atomic E-state index is 12.7. The molecule has 1 saturated heterocycles. The quantitative estimate of drug-likeness (QED) is 0.329. The number of aryl methyl sites for hydroxylation is 1. The fourth-order valence-corrected chi connectivity index (χ4v) is 4.00. The van der Waals surface area contributed by atoms with Crippen LogP contribution in [0, 0.1) is 6.57 Å². The first-order chi connectivity index (χ1) is 15.4. The molecular formula is C24H19N3O5. The average Bonchev–Trinajstić information content (AvgIpc) is 3.12. The summed E-state index contributed by atoms with van der Waals surface area (Å²) >= 11 is 0. The van der Waals surface area contributed by atoms with E-state index in [1.54, 1.807) is 12.1 Å². The molecule has 0 bridgehead atoms. The minimum atomic E-state index is -0.676. The molecule has 2 aromatic carbocycles. The van der Waals surface area contributed by atoms with Crippen molar-refractivity contribution < 1.29 is 24.0 Å². The molecule has 2 aromatic rings. The lowest BCUT2D eigenvalue weighted by Gasteiger charge is -2.29. The number of fused-ring (bicyclic) bond motifs is 1. The first kappa shape index (κ1) is 21.1. The number of rotatable bonds is 6. The molecular weight excluding hydrogens is 410 g/mol. The van der Waals surface area contributed by atoms with Crippen molar-refractivity contribution in [3.63, 3.8) is 0 Å². The summed E-state index contributed by atoms with van der Waals surface area (Å²) in [6, 6.07) is 10.5. The first-order valence-corrected chi connectivity index (χ1v) is 10.2. The van der Waals surface area contributed by atoms with E-state index in [2.05, 4.69) is 10.2 Å². The smallest absolute Gasteiger partial charge is 0.255 e. The Balaban J connectivity index is 1.40. The van der Waals surface area contributed by atoms with Crippen LogP contribution in [0.4, 0.5) is 5.69 Å². The van der Waals surface area contributed by atoms with E-state index in [9.17, 15) is 24.0 Å². The number of imide groups is 1. The van der Waals surface area contributed by atoms with Gasteiger partial charge < -0.3 is 4.90 Å². The third-order valence-corrected chi connectivity index (χ3v) is 5.74. The Hall–Kier alpha value is -4.12. The molecule has 1 N–H and O–H groups in total. The van der Waals surface area contributed by atoms with Crippen LogP contribution in [0.5, 0.6) is 0 Å². The van der Waals surface area contributed by atoms with Gasteiger partial charge in [-0.2, -0.15) is 0 Å². The van der Waals surface area contributed by atoms with Gasteiger partial charge in [-0.05, 0) is 30.0 Å². The van der Waals surface area contributed by atoms with Gasteiger partial charge in [-0.15, -0.1) is 0 Å². The SMILES string of the molecule is [C-]#[N+]c1ccc(C(=O)C(=O)CCc2ccc3c(c2)CN(C2CCC(=O)NC2=O)C3=O)cc1. The van der Waals surface area contributed by atoms with Crippen molar-refractivity contribution in [2.45, 2.75) is 38.3 Å². The van der Waals surface area contributed by atoms with Crippen molar-refractivity contribution in [3.8, 4) is 0 Å². The van der Waals surface area contributed by atoms with Gasteiger partial charge in [0.1, 0.15) is 6.04 Å². The van der Waals surface area contributed by atoms with E-state index in [0.717, 1.165) is 11.1 Å². The fourth-order valence-electron chi connectivity index (χ4n) is 4.00. The molecule has 160 valence electrons. The molecule has 0 saturated carbocycles. The lowest BCUT2D eigenvalue weighted by molar-refractivity contribution is -0.136. The van der Waals surface area contributed by atoms with Crippen LogP contribution in [-0.2, 0) is 27.3 Å². The Kier molecular flexibility index (Phi) is 5.65. The number of ketones is 2. The molecule has 8 heteroatoms. The first-order valence-electron chi connectivity index (χ1n) is 10.2. The number of carbonyl (C=O) groups excluding carboxylic acids is 5. The molecule has 1 fully saturated rings. The zero-order valence-corrected chi connectivity index (χ0v) is 17.1. The summed E-state index contributed by atoms with van der Waals surface area (Å²) in [7, 11) is 0. The van der Waals surface area contributed by atoms with Crippen LogP contribution in [0.25, 0.3) is 4.85 Å². The molecule has 2 aliphatic rings. The van der Waals surface area contributed by atoms with Gasteiger partial charge in [0.05, 0.1) is 6.57 Å². The molecule has 2 heterocycles. The van der Waals surface area contributed by atoms with Gasteiger partial charge in [-0.25, -0.2) is 4.85 Å². The number of benzene rings is 2. The van der Waals surface area contributed by atoms with Crippen molar-refractivity contribution >= 4 is 35.0 Å². The van der Waals surface area contributed by atoms with Crippen LogP contribution in [0.2, 0.25) is 0 Å². The molecule has 0 spiro atoms. The number of nitrogens with one attached hydrogen (secondary N) is 1. The van der Waals surface area contributed by atoms with Gasteiger partial charge in [0, 0.05) is 30.5 Å². The molecule has 4 rings (SSSR count). The predicted molar refractivity (Wildman–Crippen MR) is 113 cm³/mol. The average molecular weight is 429 g/mol. The third-order valence-electron chi connectivity index (χ3n) is 5.74. The summed E-state index contributed by atoms with van der Waals surface area (Å²) < 4.78 is 0. The summed E-state index contributed by atoms with van der Waals surface area (Å²) in [6.07, 6.45) is 0.848. The topological polar surface area (TPSA) is 105 Å². The normalized spacial score (nSPS) is 17.5. The highest BCUT2D eigenvalue weighted by Gasteiger charge is 2.39. The number of hydrogen-bond acceptors (Lipinski definition) is 5. The van der Waals surface area contributed by atoms with Crippen LogP contribution in [0.3, 0.4) is 0 Å².